The molecule has 0 amide bonds. The highest BCUT2D eigenvalue weighted by Gasteiger charge is 2.15. The van der Waals surface area contributed by atoms with Gasteiger partial charge in [-0.25, -0.2) is 4.98 Å². The van der Waals surface area contributed by atoms with E-state index in [4.69, 9.17) is 9.84 Å². The monoisotopic (exact) mass is 258 g/mol. The number of aliphatic carboxylic acids is 1. The van der Waals surface area contributed by atoms with Crippen LogP contribution < -0.4 is 0 Å². The third kappa shape index (κ3) is 4.05. The van der Waals surface area contributed by atoms with Crippen molar-refractivity contribution in [1.82, 2.24) is 9.55 Å². The van der Waals surface area contributed by atoms with Crippen molar-refractivity contribution in [3.8, 4) is 0 Å². The van der Waals surface area contributed by atoms with Gasteiger partial charge in [-0.3, -0.25) is 4.79 Å². The van der Waals surface area contributed by atoms with Crippen LogP contribution in [0, 0.1) is 6.92 Å². The first kappa shape index (κ1) is 14.1. The molecule has 0 fully saturated rings. The molecule has 1 atom stereocenters. The number of rotatable bonds is 7. The molecule has 0 spiro atoms. The van der Waals surface area contributed by atoms with Crippen LogP contribution in [0.5, 0.6) is 0 Å². The molecule has 0 saturated heterocycles. The Balaban J connectivity index is 2.85. The molecule has 1 unspecified atom stereocenters. The smallest absolute Gasteiger partial charge is 0.313 e. The van der Waals surface area contributed by atoms with Crippen molar-refractivity contribution >= 4 is 17.7 Å². The number of ether oxygens (including phenoxy) is 1. The van der Waals surface area contributed by atoms with Crippen molar-refractivity contribution in [2.75, 3.05) is 19.5 Å². The second-order valence-corrected chi connectivity index (χ2v) is 4.71. The van der Waals surface area contributed by atoms with Crippen LogP contribution in [0.2, 0.25) is 0 Å². The highest BCUT2D eigenvalue weighted by molar-refractivity contribution is 7.99. The van der Waals surface area contributed by atoms with Gasteiger partial charge in [0.2, 0.25) is 0 Å². The molecule has 6 heteroatoms. The van der Waals surface area contributed by atoms with Gasteiger partial charge in [0, 0.05) is 13.3 Å². The molecule has 0 aliphatic heterocycles. The second-order valence-electron chi connectivity index (χ2n) is 3.77. The number of hydrogen-bond acceptors (Lipinski definition) is 4. The summed E-state index contributed by atoms with van der Waals surface area (Å²) in [5, 5.41) is 9.43. The number of carboxylic acid groups (broad SMARTS) is 1. The highest BCUT2D eigenvalue weighted by Crippen LogP contribution is 2.23. The van der Waals surface area contributed by atoms with Crippen LogP contribution in [0.1, 0.15) is 25.1 Å². The fourth-order valence-corrected chi connectivity index (χ4v) is 2.39. The van der Waals surface area contributed by atoms with Gasteiger partial charge in [0.05, 0.1) is 24.1 Å². The zero-order chi connectivity index (χ0) is 12.8. The molecule has 1 aromatic heterocycles. The predicted octanol–water partition coefficient (Wildman–Crippen LogP) is 1.97. The van der Waals surface area contributed by atoms with Crippen LogP contribution in [0.25, 0.3) is 0 Å². The van der Waals surface area contributed by atoms with Crippen LogP contribution >= 0.6 is 11.8 Å². The Labute approximate surface area is 105 Å². The van der Waals surface area contributed by atoms with Gasteiger partial charge < -0.3 is 14.4 Å². The first-order valence-electron chi connectivity index (χ1n) is 5.47. The summed E-state index contributed by atoms with van der Waals surface area (Å²) in [5.74, 6) is -0.804. The summed E-state index contributed by atoms with van der Waals surface area (Å²) >= 11 is 1.24. The molecule has 0 radical (unpaired) electrons. The van der Waals surface area contributed by atoms with E-state index in [1.165, 1.54) is 11.8 Å². The van der Waals surface area contributed by atoms with Crippen molar-refractivity contribution < 1.29 is 14.6 Å². The quantitative estimate of drug-likeness (QED) is 0.757. The van der Waals surface area contributed by atoms with Crippen LogP contribution in [0.4, 0.5) is 0 Å². The summed E-state index contributed by atoms with van der Waals surface area (Å²) in [6.07, 6.45) is 2.86. The molecular formula is C11H18N2O3S. The van der Waals surface area contributed by atoms with E-state index < -0.39 is 5.97 Å². The number of imidazole rings is 1. The molecule has 0 bridgehead atoms. The summed E-state index contributed by atoms with van der Waals surface area (Å²) in [6, 6.07) is 0.206. The first-order valence-corrected chi connectivity index (χ1v) is 6.46. The molecule has 1 heterocycles. The summed E-state index contributed by atoms with van der Waals surface area (Å²) in [4.78, 5) is 14.9. The number of hydrogen-bond donors (Lipinski definition) is 1. The first-order chi connectivity index (χ1) is 8.08. The number of aryl methyl sites for hydroxylation is 1. The summed E-state index contributed by atoms with van der Waals surface area (Å²) < 4.78 is 7.17. The number of nitrogens with zero attached hydrogens (tertiary/aromatic N) is 2. The average molecular weight is 258 g/mol. The molecule has 17 heavy (non-hydrogen) atoms. The minimum Gasteiger partial charge on any atom is -0.481 e. The fraction of sp³-hybridized carbons (Fsp3) is 0.636. The number of thioether (sulfide) groups is 1. The molecule has 5 nitrogen and oxygen atoms in total. The molecule has 1 aromatic rings. The fourth-order valence-electron chi connectivity index (χ4n) is 1.58. The van der Waals surface area contributed by atoms with E-state index in [9.17, 15) is 4.79 Å². The lowest BCUT2D eigenvalue weighted by molar-refractivity contribution is -0.133. The Kier molecular flexibility index (Phi) is 5.50. The van der Waals surface area contributed by atoms with Gasteiger partial charge in [-0.05, 0) is 13.3 Å². The summed E-state index contributed by atoms with van der Waals surface area (Å²) in [6.45, 7) is 4.58. The summed E-state index contributed by atoms with van der Waals surface area (Å²) in [7, 11) is 1.66. The van der Waals surface area contributed by atoms with E-state index in [1.807, 2.05) is 17.7 Å². The Morgan fingerprint density at radius 1 is 1.71 bits per heavy atom. The van der Waals surface area contributed by atoms with E-state index in [1.54, 1.807) is 7.11 Å². The lowest BCUT2D eigenvalue weighted by Crippen LogP contribution is -2.14. The number of methoxy groups -OCH3 is 1. The van der Waals surface area contributed by atoms with Crippen LogP contribution in [-0.4, -0.2) is 40.1 Å². The van der Waals surface area contributed by atoms with Crippen molar-refractivity contribution in [2.45, 2.75) is 31.5 Å². The third-order valence-corrected chi connectivity index (χ3v) is 3.32. The second kappa shape index (κ2) is 6.66. The van der Waals surface area contributed by atoms with Gasteiger partial charge >= 0.3 is 5.97 Å². The molecular weight excluding hydrogens is 240 g/mol. The van der Waals surface area contributed by atoms with Gasteiger partial charge in [0.25, 0.3) is 0 Å². The maximum Gasteiger partial charge on any atom is 0.313 e. The molecule has 0 aromatic carbocycles. The lowest BCUT2D eigenvalue weighted by atomic mass is 10.2. The minimum absolute atomic E-state index is 0.0276. The van der Waals surface area contributed by atoms with E-state index in [-0.39, 0.29) is 11.8 Å². The van der Waals surface area contributed by atoms with Gasteiger partial charge in [0.1, 0.15) is 0 Å². The van der Waals surface area contributed by atoms with Crippen molar-refractivity contribution in [1.29, 1.82) is 0 Å². The average Bonchev–Trinajstić information content (AvgIpc) is 2.64. The molecule has 0 saturated carbocycles. The Hall–Kier alpha value is -1.01. The third-order valence-electron chi connectivity index (χ3n) is 2.37. The molecule has 1 N–H and O–H groups in total. The maximum atomic E-state index is 10.6. The number of aromatic nitrogens is 2. The van der Waals surface area contributed by atoms with Gasteiger partial charge in [0.15, 0.2) is 5.16 Å². The summed E-state index contributed by atoms with van der Waals surface area (Å²) in [5.41, 5.74) is 0.896. The van der Waals surface area contributed by atoms with Crippen molar-refractivity contribution in [3.63, 3.8) is 0 Å². The largest absolute Gasteiger partial charge is 0.481 e. The van der Waals surface area contributed by atoms with E-state index in [0.29, 0.717) is 6.61 Å². The standard InChI is InChI=1S/C11H18N2O3S/c1-4-9(6-16-3)13-5-8(2)12-11(13)17-7-10(14)15/h5,9H,4,6-7H2,1-3H3,(H,14,15). The zero-order valence-electron chi connectivity index (χ0n) is 10.3. The Morgan fingerprint density at radius 3 is 2.94 bits per heavy atom. The van der Waals surface area contributed by atoms with E-state index in [2.05, 4.69) is 11.9 Å². The molecule has 0 aliphatic carbocycles. The lowest BCUT2D eigenvalue weighted by Gasteiger charge is -2.17. The topological polar surface area (TPSA) is 64.4 Å². The van der Waals surface area contributed by atoms with E-state index >= 15 is 0 Å². The highest BCUT2D eigenvalue weighted by atomic mass is 32.2. The Morgan fingerprint density at radius 2 is 2.41 bits per heavy atom. The zero-order valence-corrected chi connectivity index (χ0v) is 11.2. The minimum atomic E-state index is -0.831. The van der Waals surface area contributed by atoms with Crippen molar-refractivity contribution in [2.24, 2.45) is 0 Å². The van der Waals surface area contributed by atoms with Gasteiger partial charge in [-0.15, -0.1) is 0 Å². The normalized spacial score (nSPS) is 12.6. The van der Waals surface area contributed by atoms with Crippen LogP contribution in [-0.2, 0) is 9.53 Å². The van der Waals surface area contributed by atoms with Gasteiger partial charge in [-0.1, -0.05) is 18.7 Å². The number of carboxylic acids is 1. The van der Waals surface area contributed by atoms with E-state index in [0.717, 1.165) is 17.3 Å². The molecule has 0 aliphatic rings. The SMILES string of the molecule is CCC(COC)n1cc(C)nc1SCC(=O)O. The predicted molar refractivity (Wildman–Crippen MR) is 66.5 cm³/mol. The maximum absolute atomic E-state index is 10.6. The van der Waals surface area contributed by atoms with Crippen molar-refractivity contribution in [3.05, 3.63) is 11.9 Å². The molecule has 96 valence electrons. The van der Waals surface area contributed by atoms with Crippen LogP contribution in [0.15, 0.2) is 11.4 Å². The van der Waals surface area contributed by atoms with Crippen LogP contribution in [0.3, 0.4) is 0 Å². The van der Waals surface area contributed by atoms with Gasteiger partial charge in [-0.2, -0.15) is 0 Å². The Bertz CT molecular complexity index is 379. The number of carbonyl (C=O) groups is 1. The molecule has 1 rings (SSSR count).